The molecule has 1 aromatic carbocycles. The second-order valence-electron chi connectivity index (χ2n) is 4.76. The number of nitrogens with two attached hydrogens (primary N) is 1. The monoisotopic (exact) mass is 298 g/mol. The summed E-state index contributed by atoms with van der Waals surface area (Å²) in [6.45, 7) is 3.37. The first-order chi connectivity index (χ1) is 9.60. The van der Waals surface area contributed by atoms with Crippen molar-refractivity contribution in [3.05, 3.63) is 29.3 Å². The number of halogens is 1. The minimum atomic E-state index is -0.0923. The number of rotatable bonds is 8. The van der Waals surface area contributed by atoms with Crippen LogP contribution in [0.2, 0.25) is 5.02 Å². The Morgan fingerprint density at radius 3 is 2.75 bits per heavy atom. The summed E-state index contributed by atoms with van der Waals surface area (Å²) in [7, 11) is 1.77. The van der Waals surface area contributed by atoms with Gasteiger partial charge in [-0.05, 0) is 18.6 Å². The Morgan fingerprint density at radius 2 is 2.15 bits per heavy atom. The van der Waals surface area contributed by atoms with E-state index in [1.807, 2.05) is 18.2 Å². The largest absolute Gasteiger partial charge is 0.490 e. The molecular formula is C15H23ClN2O2. The maximum atomic E-state index is 12.1. The number of ether oxygens (including phenoxy) is 1. The molecule has 112 valence electrons. The lowest BCUT2D eigenvalue weighted by Crippen LogP contribution is -2.38. The van der Waals surface area contributed by atoms with Gasteiger partial charge in [-0.15, -0.1) is 0 Å². The van der Waals surface area contributed by atoms with E-state index >= 15 is 0 Å². The van der Waals surface area contributed by atoms with Crippen molar-refractivity contribution in [3.8, 4) is 5.75 Å². The highest BCUT2D eigenvalue weighted by molar-refractivity contribution is 6.32. The Bertz CT molecular complexity index is 426. The third-order valence-electron chi connectivity index (χ3n) is 3.17. The minimum Gasteiger partial charge on any atom is -0.490 e. The smallest absolute Gasteiger partial charge is 0.226 e. The van der Waals surface area contributed by atoms with Crippen LogP contribution < -0.4 is 10.5 Å². The van der Waals surface area contributed by atoms with Crippen LogP contribution in [0.15, 0.2) is 24.3 Å². The fourth-order valence-electron chi connectivity index (χ4n) is 1.97. The van der Waals surface area contributed by atoms with E-state index in [9.17, 15) is 4.79 Å². The van der Waals surface area contributed by atoms with Crippen molar-refractivity contribution in [1.82, 2.24) is 4.90 Å². The number of likely N-dealkylation sites (N-methyl/N-ethyl adjacent to an activating group) is 1. The number of carbonyl (C=O) groups excluding carboxylic acids is 1. The SMILES string of the molecule is CCCC(CN)C(=O)N(C)CCOc1ccccc1Cl. The van der Waals surface area contributed by atoms with Crippen molar-refractivity contribution in [3.63, 3.8) is 0 Å². The molecule has 0 heterocycles. The number of carbonyl (C=O) groups is 1. The number of hydrogen-bond donors (Lipinski definition) is 1. The van der Waals surface area contributed by atoms with E-state index in [1.54, 1.807) is 18.0 Å². The number of nitrogens with zero attached hydrogens (tertiary/aromatic N) is 1. The summed E-state index contributed by atoms with van der Waals surface area (Å²) in [6.07, 6.45) is 1.78. The Hall–Kier alpha value is -1.26. The van der Waals surface area contributed by atoms with E-state index in [4.69, 9.17) is 22.1 Å². The van der Waals surface area contributed by atoms with Crippen LogP contribution in [-0.2, 0) is 4.79 Å². The molecule has 0 saturated carbocycles. The predicted molar refractivity (Wildman–Crippen MR) is 82.0 cm³/mol. The Balaban J connectivity index is 2.41. The molecule has 1 unspecified atom stereocenters. The van der Waals surface area contributed by atoms with Gasteiger partial charge >= 0.3 is 0 Å². The van der Waals surface area contributed by atoms with Crippen molar-refractivity contribution in [2.45, 2.75) is 19.8 Å². The zero-order valence-electron chi connectivity index (χ0n) is 12.1. The molecule has 20 heavy (non-hydrogen) atoms. The third kappa shape index (κ3) is 5.02. The van der Waals surface area contributed by atoms with Crippen molar-refractivity contribution in [2.24, 2.45) is 11.7 Å². The lowest BCUT2D eigenvalue weighted by Gasteiger charge is -2.22. The molecule has 0 bridgehead atoms. The molecule has 1 atom stereocenters. The highest BCUT2D eigenvalue weighted by Gasteiger charge is 2.19. The van der Waals surface area contributed by atoms with Gasteiger partial charge in [-0.3, -0.25) is 4.79 Å². The summed E-state index contributed by atoms with van der Waals surface area (Å²) in [4.78, 5) is 13.8. The second kappa shape index (κ2) is 8.82. The Kier molecular flexibility index (Phi) is 7.41. The summed E-state index contributed by atoms with van der Waals surface area (Å²) < 4.78 is 5.57. The summed E-state index contributed by atoms with van der Waals surface area (Å²) >= 11 is 5.99. The molecule has 0 aromatic heterocycles. The first-order valence-corrected chi connectivity index (χ1v) is 7.30. The van der Waals surface area contributed by atoms with Gasteiger partial charge in [0.25, 0.3) is 0 Å². The van der Waals surface area contributed by atoms with Gasteiger partial charge in [0.05, 0.1) is 17.5 Å². The third-order valence-corrected chi connectivity index (χ3v) is 3.48. The summed E-state index contributed by atoms with van der Waals surface area (Å²) in [5.41, 5.74) is 5.64. The second-order valence-corrected chi connectivity index (χ2v) is 5.17. The minimum absolute atomic E-state index is 0.0807. The Labute approximate surface area is 125 Å². The molecule has 1 aromatic rings. The van der Waals surface area contributed by atoms with Crippen LogP contribution in [0.1, 0.15) is 19.8 Å². The van der Waals surface area contributed by atoms with Crippen LogP contribution in [0.25, 0.3) is 0 Å². The first kappa shape index (κ1) is 16.8. The van der Waals surface area contributed by atoms with Crippen LogP contribution >= 0.6 is 11.6 Å². The number of benzene rings is 1. The lowest BCUT2D eigenvalue weighted by molar-refractivity contribution is -0.134. The first-order valence-electron chi connectivity index (χ1n) is 6.92. The average molecular weight is 299 g/mol. The quantitative estimate of drug-likeness (QED) is 0.802. The molecule has 1 rings (SSSR count). The van der Waals surface area contributed by atoms with Gasteiger partial charge < -0.3 is 15.4 Å². The molecule has 0 saturated heterocycles. The van der Waals surface area contributed by atoms with Crippen LogP contribution in [0.5, 0.6) is 5.75 Å². The van der Waals surface area contributed by atoms with E-state index in [0.717, 1.165) is 12.8 Å². The highest BCUT2D eigenvalue weighted by atomic mass is 35.5. The van der Waals surface area contributed by atoms with Gasteiger partial charge in [0.2, 0.25) is 5.91 Å². The molecule has 0 fully saturated rings. The van der Waals surface area contributed by atoms with Crippen LogP contribution in [0.3, 0.4) is 0 Å². The molecule has 2 N–H and O–H groups in total. The molecule has 0 spiro atoms. The highest BCUT2D eigenvalue weighted by Crippen LogP contribution is 2.22. The molecule has 0 aliphatic rings. The van der Waals surface area contributed by atoms with Crippen molar-refractivity contribution in [2.75, 3.05) is 26.7 Å². The lowest BCUT2D eigenvalue weighted by atomic mass is 10.0. The fraction of sp³-hybridized carbons (Fsp3) is 0.533. The summed E-state index contributed by atoms with van der Waals surface area (Å²) in [5, 5.41) is 0.576. The maximum absolute atomic E-state index is 12.1. The standard InChI is InChI=1S/C15H23ClN2O2/c1-3-6-12(11-17)15(19)18(2)9-10-20-14-8-5-4-7-13(14)16/h4-5,7-8,12H,3,6,9-11,17H2,1-2H3. The van der Waals surface area contributed by atoms with E-state index in [2.05, 4.69) is 6.92 Å². The van der Waals surface area contributed by atoms with Gasteiger partial charge in [-0.2, -0.15) is 0 Å². The fourth-order valence-corrected chi connectivity index (χ4v) is 2.16. The number of para-hydroxylation sites is 1. The topological polar surface area (TPSA) is 55.6 Å². The molecule has 0 radical (unpaired) electrons. The van der Waals surface area contributed by atoms with Gasteiger partial charge in [0.15, 0.2) is 0 Å². The zero-order valence-corrected chi connectivity index (χ0v) is 12.9. The van der Waals surface area contributed by atoms with Crippen molar-refractivity contribution >= 4 is 17.5 Å². The summed E-state index contributed by atoms with van der Waals surface area (Å²) in [6, 6.07) is 7.30. The number of hydrogen-bond acceptors (Lipinski definition) is 3. The maximum Gasteiger partial charge on any atom is 0.226 e. The van der Waals surface area contributed by atoms with Gasteiger partial charge in [0, 0.05) is 13.6 Å². The van der Waals surface area contributed by atoms with Crippen molar-refractivity contribution in [1.29, 1.82) is 0 Å². The zero-order chi connectivity index (χ0) is 15.0. The van der Waals surface area contributed by atoms with E-state index in [-0.39, 0.29) is 11.8 Å². The molecule has 0 aliphatic heterocycles. The molecule has 1 amide bonds. The molecule has 0 aliphatic carbocycles. The van der Waals surface area contributed by atoms with E-state index in [0.29, 0.717) is 30.5 Å². The van der Waals surface area contributed by atoms with Gasteiger partial charge in [-0.25, -0.2) is 0 Å². The predicted octanol–water partition coefficient (Wildman–Crippen LogP) is 2.55. The van der Waals surface area contributed by atoms with E-state index < -0.39 is 0 Å². The summed E-state index contributed by atoms with van der Waals surface area (Å²) in [5.74, 6) is 0.626. The van der Waals surface area contributed by atoms with Crippen LogP contribution in [0, 0.1) is 5.92 Å². The van der Waals surface area contributed by atoms with Gasteiger partial charge in [-0.1, -0.05) is 37.1 Å². The number of amides is 1. The van der Waals surface area contributed by atoms with Crippen LogP contribution in [0.4, 0.5) is 0 Å². The van der Waals surface area contributed by atoms with Crippen molar-refractivity contribution < 1.29 is 9.53 Å². The molecular weight excluding hydrogens is 276 g/mol. The normalized spacial score (nSPS) is 12.0. The molecule has 4 nitrogen and oxygen atoms in total. The van der Waals surface area contributed by atoms with Gasteiger partial charge in [0.1, 0.15) is 12.4 Å². The Morgan fingerprint density at radius 1 is 1.45 bits per heavy atom. The van der Waals surface area contributed by atoms with E-state index in [1.165, 1.54) is 0 Å². The average Bonchev–Trinajstić information content (AvgIpc) is 2.46. The molecule has 5 heteroatoms. The van der Waals surface area contributed by atoms with Crippen LogP contribution in [-0.4, -0.2) is 37.6 Å².